The molecule has 2 aromatic carbocycles. The minimum absolute atomic E-state index is 0.439. The summed E-state index contributed by atoms with van der Waals surface area (Å²) < 4.78 is 3.95. The standard InChI is InChI=1S/C15H10Br2N4S/c16-12-7-3-1-5-10(12)9-18-21-14(19-20-15(21)22)11-6-2-4-8-13(11)17/h1-9H,(H,20,22). The average molecular weight is 438 g/mol. The molecule has 3 aromatic rings. The van der Waals surface area contributed by atoms with Gasteiger partial charge in [0.1, 0.15) is 0 Å². The number of nitrogens with zero attached hydrogens (tertiary/aromatic N) is 3. The molecule has 0 aliphatic heterocycles. The molecule has 22 heavy (non-hydrogen) atoms. The van der Waals surface area contributed by atoms with E-state index in [2.05, 4.69) is 47.2 Å². The van der Waals surface area contributed by atoms with E-state index in [0.717, 1.165) is 20.1 Å². The van der Waals surface area contributed by atoms with Crippen LogP contribution < -0.4 is 0 Å². The molecular formula is C15H10Br2N4S. The van der Waals surface area contributed by atoms with E-state index in [1.165, 1.54) is 0 Å². The zero-order chi connectivity index (χ0) is 15.5. The highest BCUT2D eigenvalue weighted by Crippen LogP contribution is 2.26. The lowest BCUT2D eigenvalue weighted by molar-refractivity contribution is 0.871. The predicted octanol–water partition coefficient (Wildman–Crippen LogP) is 5.01. The minimum atomic E-state index is 0.439. The van der Waals surface area contributed by atoms with E-state index < -0.39 is 0 Å². The van der Waals surface area contributed by atoms with Crippen LogP contribution in [0, 0.1) is 4.77 Å². The molecule has 0 spiro atoms. The fraction of sp³-hybridized carbons (Fsp3) is 0. The number of hydrogen-bond donors (Lipinski definition) is 1. The predicted molar refractivity (Wildman–Crippen MR) is 97.7 cm³/mol. The largest absolute Gasteiger partial charge is 0.250 e. The third-order valence-electron chi connectivity index (χ3n) is 2.98. The molecule has 0 saturated heterocycles. The van der Waals surface area contributed by atoms with Gasteiger partial charge in [0.15, 0.2) is 5.82 Å². The van der Waals surface area contributed by atoms with Gasteiger partial charge in [-0.1, -0.05) is 62.2 Å². The summed E-state index contributed by atoms with van der Waals surface area (Å²) in [6, 6.07) is 15.6. The zero-order valence-electron chi connectivity index (χ0n) is 11.2. The van der Waals surface area contributed by atoms with Crippen LogP contribution in [0.4, 0.5) is 0 Å². The summed E-state index contributed by atoms with van der Waals surface area (Å²) in [6.45, 7) is 0. The molecule has 0 radical (unpaired) electrons. The molecule has 0 unspecified atom stereocenters. The van der Waals surface area contributed by atoms with Crippen molar-refractivity contribution >= 4 is 50.3 Å². The monoisotopic (exact) mass is 436 g/mol. The first-order valence-corrected chi connectivity index (χ1v) is 8.37. The summed E-state index contributed by atoms with van der Waals surface area (Å²) in [5.74, 6) is 0.653. The summed E-state index contributed by atoms with van der Waals surface area (Å²) in [5, 5.41) is 11.5. The first-order valence-electron chi connectivity index (χ1n) is 6.38. The van der Waals surface area contributed by atoms with Crippen LogP contribution in [0.25, 0.3) is 11.4 Å². The summed E-state index contributed by atoms with van der Waals surface area (Å²) in [5.41, 5.74) is 1.88. The van der Waals surface area contributed by atoms with Crippen molar-refractivity contribution in [2.24, 2.45) is 5.10 Å². The first kappa shape index (κ1) is 15.3. The number of hydrogen-bond acceptors (Lipinski definition) is 3. The topological polar surface area (TPSA) is 46.0 Å². The van der Waals surface area contributed by atoms with Crippen molar-refractivity contribution in [1.82, 2.24) is 14.9 Å². The van der Waals surface area contributed by atoms with Crippen LogP contribution in [-0.2, 0) is 0 Å². The Labute approximate surface area is 149 Å². The van der Waals surface area contributed by atoms with Gasteiger partial charge < -0.3 is 0 Å². The maximum Gasteiger partial charge on any atom is 0.216 e. The third kappa shape index (κ3) is 3.11. The highest BCUT2D eigenvalue weighted by molar-refractivity contribution is 9.10. The Hall–Kier alpha value is -1.57. The third-order valence-corrected chi connectivity index (χ3v) is 4.66. The lowest BCUT2D eigenvalue weighted by atomic mass is 10.2. The van der Waals surface area contributed by atoms with Crippen molar-refractivity contribution < 1.29 is 0 Å². The fourth-order valence-corrected chi connectivity index (χ4v) is 2.94. The Morgan fingerprint density at radius 2 is 1.73 bits per heavy atom. The molecule has 7 heteroatoms. The van der Waals surface area contributed by atoms with Gasteiger partial charge in [-0.15, -0.1) is 0 Å². The molecule has 110 valence electrons. The quantitative estimate of drug-likeness (QED) is 0.462. The minimum Gasteiger partial charge on any atom is -0.250 e. The van der Waals surface area contributed by atoms with E-state index in [-0.39, 0.29) is 0 Å². The number of H-pyrrole nitrogens is 1. The second kappa shape index (κ2) is 6.68. The van der Waals surface area contributed by atoms with Crippen LogP contribution in [0.2, 0.25) is 0 Å². The van der Waals surface area contributed by atoms with Gasteiger partial charge in [0, 0.05) is 20.1 Å². The highest BCUT2D eigenvalue weighted by Gasteiger charge is 2.10. The van der Waals surface area contributed by atoms with Gasteiger partial charge in [0.2, 0.25) is 4.77 Å². The van der Waals surface area contributed by atoms with Gasteiger partial charge in [0.25, 0.3) is 0 Å². The van der Waals surface area contributed by atoms with E-state index in [1.54, 1.807) is 10.9 Å². The molecule has 4 nitrogen and oxygen atoms in total. The molecule has 0 fully saturated rings. The Morgan fingerprint density at radius 3 is 2.45 bits per heavy atom. The summed E-state index contributed by atoms with van der Waals surface area (Å²) in [4.78, 5) is 0. The second-order valence-electron chi connectivity index (χ2n) is 4.41. The van der Waals surface area contributed by atoms with Crippen LogP contribution in [-0.4, -0.2) is 21.1 Å². The molecule has 0 saturated carbocycles. The Balaban J connectivity index is 2.06. The van der Waals surface area contributed by atoms with Crippen LogP contribution in [0.15, 0.2) is 62.6 Å². The molecule has 1 heterocycles. The number of aromatic amines is 1. The van der Waals surface area contributed by atoms with E-state index >= 15 is 0 Å². The van der Waals surface area contributed by atoms with Crippen molar-refractivity contribution in [3.05, 3.63) is 67.8 Å². The molecule has 0 amide bonds. The summed E-state index contributed by atoms with van der Waals surface area (Å²) in [6.07, 6.45) is 1.75. The lowest BCUT2D eigenvalue weighted by Crippen LogP contribution is -1.96. The SMILES string of the molecule is S=c1[nH]nc(-c2ccccc2Br)n1N=Cc1ccccc1Br. The maximum atomic E-state index is 5.27. The molecule has 3 rings (SSSR count). The fourth-order valence-electron chi connectivity index (χ4n) is 1.92. The zero-order valence-corrected chi connectivity index (χ0v) is 15.2. The van der Waals surface area contributed by atoms with Crippen LogP contribution in [0.5, 0.6) is 0 Å². The van der Waals surface area contributed by atoms with E-state index in [4.69, 9.17) is 12.2 Å². The number of benzene rings is 2. The molecule has 0 aliphatic carbocycles. The van der Waals surface area contributed by atoms with Crippen molar-refractivity contribution in [3.63, 3.8) is 0 Å². The van der Waals surface area contributed by atoms with E-state index in [0.29, 0.717) is 10.6 Å². The van der Waals surface area contributed by atoms with Crippen molar-refractivity contribution in [3.8, 4) is 11.4 Å². The van der Waals surface area contributed by atoms with Gasteiger partial charge in [-0.05, 0) is 30.4 Å². The Kier molecular flexibility index (Phi) is 4.66. The van der Waals surface area contributed by atoms with Crippen molar-refractivity contribution in [1.29, 1.82) is 0 Å². The van der Waals surface area contributed by atoms with Gasteiger partial charge in [-0.3, -0.25) is 0 Å². The van der Waals surface area contributed by atoms with Gasteiger partial charge in [0.05, 0.1) is 6.21 Å². The molecule has 1 aromatic heterocycles. The van der Waals surface area contributed by atoms with Gasteiger partial charge in [-0.25, -0.2) is 5.10 Å². The van der Waals surface area contributed by atoms with Crippen LogP contribution >= 0.6 is 44.1 Å². The van der Waals surface area contributed by atoms with E-state index in [1.807, 2.05) is 48.5 Å². The van der Waals surface area contributed by atoms with Crippen LogP contribution in [0.1, 0.15) is 5.56 Å². The molecular weight excluding hydrogens is 428 g/mol. The average Bonchev–Trinajstić information content (AvgIpc) is 2.88. The smallest absolute Gasteiger partial charge is 0.216 e. The highest BCUT2D eigenvalue weighted by atomic mass is 79.9. The molecule has 0 atom stereocenters. The van der Waals surface area contributed by atoms with Gasteiger partial charge >= 0.3 is 0 Å². The normalized spacial score (nSPS) is 11.2. The second-order valence-corrected chi connectivity index (χ2v) is 6.51. The number of aromatic nitrogens is 3. The molecule has 0 bridgehead atoms. The molecule has 0 aliphatic rings. The first-order chi connectivity index (χ1) is 10.7. The number of rotatable bonds is 3. The summed E-state index contributed by atoms with van der Waals surface area (Å²) in [7, 11) is 0. The van der Waals surface area contributed by atoms with Crippen LogP contribution in [0.3, 0.4) is 0 Å². The summed E-state index contributed by atoms with van der Waals surface area (Å²) >= 11 is 12.3. The van der Waals surface area contributed by atoms with Gasteiger partial charge in [-0.2, -0.15) is 14.9 Å². The number of nitrogens with one attached hydrogen (secondary N) is 1. The van der Waals surface area contributed by atoms with Crippen molar-refractivity contribution in [2.45, 2.75) is 0 Å². The Bertz CT molecular complexity index is 898. The number of halogens is 2. The Morgan fingerprint density at radius 1 is 1.05 bits per heavy atom. The molecule has 1 N–H and O–H groups in total. The van der Waals surface area contributed by atoms with E-state index in [9.17, 15) is 0 Å². The maximum absolute atomic E-state index is 5.27. The van der Waals surface area contributed by atoms with Crippen molar-refractivity contribution in [2.75, 3.05) is 0 Å². The lowest BCUT2D eigenvalue weighted by Gasteiger charge is -2.03.